The molecule has 0 spiro atoms. The zero-order chi connectivity index (χ0) is 37.1. The molecule has 4 nitrogen and oxygen atoms in total. The largest absolute Gasteiger partial charge is 0.442 e. The first-order chi connectivity index (χ1) is 25.1. The lowest BCUT2D eigenvalue weighted by Crippen LogP contribution is -2.37. The average molecular weight is 720 g/mol. The van der Waals surface area contributed by atoms with Gasteiger partial charge in [0.2, 0.25) is 5.91 Å². The van der Waals surface area contributed by atoms with Gasteiger partial charge in [0, 0.05) is 19.3 Å². The number of unbranched alkanes of at least 4 members (excludes halogenated alkanes) is 36. The van der Waals surface area contributed by atoms with Gasteiger partial charge in [0.25, 0.3) is 0 Å². The van der Waals surface area contributed by atoms with E-state index < -0.39 is 6.23 Å². The molecule has 0 fully saturated rings. The first-order valence-corrected chi connectivity index (χ1v) is 23.6. The number of amides is 1. The fourth-order valence-electron chi connectivity index (χ4n) is 7.40. The zero-order valence-corrected chi connectivity index (χ0v) is 35.3. The quantitative estimate of drug-likeness (QED) is 0.0388. The molecule has 0 radical (unpaired) electrons. The van der Waals surface area contributed by atoms with Crippen molar-refractivity contribution in [3.05, 3.63) is 0 Å². The lowest BCUT2D eigenvalue weighted by molar-refractivity contribution is -0.152. The fourth-order valence-corrected chi connectivity index (χ4v) is 7.40. The summed E-state index contributed by atoms with van der Waals surface area (Å²) in [5, 5.41) is 2.94. The van der Waals surface area contributed by atoms with E-state index in [0.29, 0.717) is 19.3 Å². The molecule has 1 N–H and O–H groups in total. The summed E-state index contributed by atoms with van der Waals surface area (Å²) in [7, 11) is 0. The molecule has 0 unspecified atom stereocenters. The van der Waals surface area contributed by atoms with Crippen LogP contribution in [0, 0.1) is 0 Å². The van der Waals surface area contributed by atoms with E-state index in [1.807, 2.05) is 6.92 Å². The summed E-state index contributed by atoms with van der Waals surface area (Å²) in [6.45, 7) is 6.55. The highest BCUT2D eigenvalue weighted by Gasteiger charge is 2.15. The van der Waals surface area contributed by atoms with Gasteiger partial charge in [0.1, 0.15) is 0 Å². The number of carbonyl (C=O) groups is 2. The van der Waals surface area contributed by atoms with Gasteiger partial charge in [-0.1, -0.05) is 252 Å². The Labute approximate surface area is 321 Å². The van der Waals surface area contributed by atoms with E-state index in [1.165, 1.54) is 218 Å². The van der Waals surface area contributed by atoms with Gasteiger partial charge in [-0.2, -0.15) is 0 Å². The van der Waals surface area contributed by atoms with Gasteiger partial charge in [-0.3, -0.25) is 9.59 Å². The normalized spacial score (nSPS) is 12.0. The number of hydrogen-bond acceptors (Lipinski definition) is 3. The Kier molecular flexibility index (Phi) is 42.4. The van der Waals surface area contributed by atoms with Crippen molar-refractivity contribution in [1.82, 2.24) is 5.32 Å². The van der Waals surface area contributed by atoms with Gasteiger partial charge in [-0.05, 0) is 12.8 Å². The Morgan fingerprint density at radius 1 is 0.353 bits per heavy atom. The molecule has 1 amide bonds. The van der Waals surface area contributed by atoms with Crippen molar-refractivity contribution in [1.29, 1.82) is 0 Å². The standard InChI is InChI=1S/C47H93NO3/c1-4-7-9-11-13-15-17-19-21-23-25-27-29-31-33-35-37-39-41-43-45(49)48-46(6-3)51-47(50)44-42-40-38-36-34-32-30-28-26-24-22-20-18-16-14-12-10-8-5-2/h46H,4-44H2,1-3H3,(H,48,49)/t46-/m1/s1. The summed E-state index contributed by atoms with van der Waals surface area (Å²) in [6, 6.07) is 0. The molecule has 51 heavy (non-hydrogen) atoms. The molecule has 0 bridgehead atoms. The molecule has 1 atom stereocenters. The first-order valence-electron chi connectivity index (χ1n) is 23.6. The third kappa shape index (κ3) is 41.6. The average Bonchev–Trinajstić information content (AvgIpc) is 3.13. The molecular formula is C47H93NO3. The molecule has 0 aliphatic carbocycles. The summed E-state index contributed by atoms with van der Waals surface area (Å²) >= 11 is 0. The maximum Gasteiger partial charge on any atom is 0.307 e. The highest BCUT2D eigenvalue weighted by atomic mass is 16.6. The molecule has 0 aromatic rings. The Morgan fingerprint density at radius 3 is 0.843 bits per heavy atom. The second-order valence-electron chi connectivity index (χ2n) is 16.2. The minimum atomic E-state index is -0.481. The van der Waals surface area contributed by atoms with Crippen LogP contribution in [0.5, 0.6) is 0 Å². The highest BCUT2D eigenvalue weighted by molar-refractivity contribution is 5.76. The van der Waals surface area contributed by atoms with Crippen LogP contribution in [-0.4, -0.2) is 18.1 Å². The van der Waals surface area contributed by atoms with E-state index in [-0.39, 0.29) is 11.9 Å². The van der Waals surface area contributed by atoms with Crippen molar-refractivity contribution in [3.63, 3.8) is 0 Å². The Bertz CT molecular complexity index is 639. The SMILES string of the molecule is CCCCCCCCCCCCCCCCCCCCCC(=O)N[C@@H](CC)OC(=O)CCCCCCCCCCCCCCCCCCCCC. The predicted octanol–water partition coefficient (Wildman–Crippen LogP) is 16.0. The van der Waals surface area contributed by atoms with E-state index in [4.69, 9.17) is 4.74 Å². The third-order valence-corrected chi connectivity index (χ3v) is 11.0. The lowest BCUT2D eigenvalue weighted by Gasteiger charge is -2.17. The van der Waals surface area contributed by atoms with E-state index in [9.17, 15) is 9.59 Å². The van der Waals surface area contributed by atoms with Crippen molar-refractivity contribution in [3.8, 4) is 0 Å². The number of esters is 1. The number of hydrogen-bond donors (Lipinski definition) is 1. The molecule has 4 heteroatoms. The molecule has 0 saturated heterocycles. The van der Waals surface area contributed by atoms with Gasteiger partial charge in [0.05, 0.1) is 0 Å². The summed E-state index contributed by atoms with van der Waals surface area (Å²) < 4.78 is 5.58. The van der Waals surface area contributed by atoms with Crippen molar-refractivity contribution in [2.24, 2.45) is 0 Å². The Hall–Kier alpha value is -1.06. The molecule has 304 valence electrons. The smallest absolute Gasteiger partial charge is 0.307 e. The van der Waals surface area contributed by atoms with Crippen molar-refractivity contribution < 1.29 is 14.3 Å². The van der Waals surface area contributed by atoms with Crippen LogP contribution in [0.3, 0.4) is 0 Å². The van der Waals surface area contributed by atoms with Crippen LogP contribution in [0.2, 0.25) is 0 Å². The molecule has 0 saturated carbocycles. The maximum absolute atomic E-state index is 12.4. The van der Waals surface area contributed by atoms with Gasteiger partial charge in [-0.15, -0.1) is 0 Å². The van der Waals surface area contributed by atoms with Crippen LogP contribution in [0.15, 0.2) is 0 Å². The predicted molar refractivity (Wildman–Crippen MR) is 224 cm³/mol. The van der Waals surface area contributed by atoms with Crippen LogP contribution in [-0.2, 0) is 14.3 Å². The molecule has 0 aromatic carbocycles. The maximum atomic E-state index is 12.4. The second-order valence-corrected chi connectivity index (χ2v) is 16.2. The van der Waals surface area contributed by atoms with Crippen LogP contribution in [0.25, 0.3) is 0 Å². The van der Waals surface area contributed by atoms with Crippen molar-refractivity contribution in [2.45, 2.75) is 290 Å². The molecule has 0 aliphatic rings. The van der Waals surface area contributed by atoms with Crippen LogP contribution in [0.1, 0.15) is 284 Å². The van der Waals surface area contributed by atoms with E-state index in [0.717, 1.165) is 25.7 Å². The van der Waals surface area contributed by atoms with E-state index >= 15 is 0 Å². The lowest BCUT2D eigenvalue weighted by atomic mass is 10.0. The molecule has 0 rings (SSSR count). The minimum absolute atomic E-state index is 0.0186. The van der Waals surface area contributed by atoms with E-state index in [1.54, 1.807) is 0 Å². The van der Waals surface area contributed by atoms with Crippen LogP contribution < -0.4 is 5.32 Å². The number of rotatable bonds is 43. The number of ether oxygens (including phenoxy) is 1. The molecule has 0 aliphatic heterocycles. The zero-order valence-electron chi connectivity index (χ0n) is 35.3. The minimum Gasteiger partial charge on any atom is -0.442 e. The third-order valence-electron chi connectivity index (χ3n) is 11.0. The van der Waals surface area contributed by atoms with Crippen LogP contribution >= 0.6 is 0 Å². The molecular weight excluding hydrogens is 627 g/mol. The number of nitrogens with one attached hydrogen (secondary N) is 1. The van der Waals surface area contributed by atoms with Gasteiger partial charge in [0.15, 0.2) is 6.23 Å². The van der Waals surface area contributed by atoms with E-state index in [2.05, 4.69) is 19.2 Å². The van der Waals surface area contributed by atoms with Gasteiger partial charge < -0.3 is 10.1 Å². The summed E-state index contributed by atoms with van der Waals surface area (Å²) in [5.74, 6) is -0.150. The Morgan fingerprint density at radius 2 is 0.588 bits per heavy atom. The fraction of sp³-hybridized carbons (Fsp3) is 0.957. The summed E-state index contributed by atoms with van der Waals surface area (Å²) in [4.78, 5) is 24.8. The Balaban J connectivity index is 3.45. The van der Waals surface area contributed by atoms with Gasteiger partial charge in [-0.25, -0.2) is 0 Å². The monoisotopic (exact) mass is 720 g/mol. The first kappa shape index (κ1) is 49.9. The molecule has 0 aromatic heterocycles. The van der Waals surface area contributed by atoms with Crippen molar-refractivity contribution >= 4 is 11.9 Å². The van der Waals surface area contributed by atoms with Crippen molar-refractivity contribution in [2.75, 3.05) is 0 Å². The van der Waals surface area contributed by atoms with Crippen LogP contribution in [0.4, 0.5) is 0 Å². The second kappa shape index (κ2) is 43.3. The molecule has 0 heterocycles. The summed E-state index contributed by atoms with van der Waals surface area (Å²) in [6.07, 6.45) is 52.5. The summed E-state index contributed by atoms with van der Waals surface area (Å²) in [5.41, 5.74) is 0. The highest BCUT2D eigenvalue weighted by Crippen LogP contribution is 2.17. The number of carbonyl (C=O) groups excluding carboxylic acids is 2. The van der Waals surface area contributed by atoms with Gasteiger partial charge >= 0.3 is 5.97 Å². The topological polar surface area (TPSA) is 55.4 Å².